The van der Waals surface area contributed by atoms with Crippen molar-refractivity contribution in [2.45, 2.75) is 18.9 Å². The van der Waals surface area contributed by atoms with Crippen molar-refractivity contribution in [2.24, 2.45) is 0 Å². The van der Waals surface area contributed by atoms with Crippen LogP contribution in [0.1, 0.15) is 23.6 Å². The molecule has 3 rings (SSSR count). The Morgan fingerprint density at radius 2 is 2.19 bits per heavy atom. The first-order valence-corrected chi connectivity index (χ1v) is 8.42. The molecular weight excluding hydrogens is 330 g/mol. The molecule has 5 heteroatoms. The number of amides is 1. The highest BCUT2D eigenvalue weighted by atomic mass is 79.9. The first kappa shape index (κ1) is 15.0. The number of piperazine rings is 1. The predicted octanol–water partition coefficient (Wildman–Crippen LogP) is 1.80. The summed E-state index contributed by atoms with van der Waals surface area (Å²) in [5.41, 5.74) is 2.78. The molecule has 1 aromatic carbocycles. The van der Waals surface area contributed by atoms with Gasteiger partial charge in [-0.05, 0) is 37.1 Å². The van der Waals surface area contributed by atoms with E-state index in [1.54, 1.807) is 0 Å². The van der Waals surface area contributed by atoms with E-state index < -0.39 is 0 Å². The fraction of sp³-hybridized carbons (Fsp3) is 0.562. The number of likely N-dealkylation sites (N-methyl/N-ethyl adjacent to an activating group) is 1. The Hall–Kier alpha value is -0.910. The van der Waals surface area contributed by atoms with Crippen LogP contribution >= 0.6 is 15.9 Å². The minimum Gasteiger partial charge on any atom is -0.339 e. The maximum atomic E-state index is 12.4. The van der Waals surface area contributed by atoms with Gasteiger partial charge in [0, 0.05) is 36.7 Å². The van der Waals surface area contributed by atoms with Crippen molar-refractivity contribution in [3.63, 3.8) is 0 Å². The van der Waals surface area contributed by atoms with E-state index >= 15 is 0 Å². The second kappa shape index (κ2) is 6.46. The Bertz CT molecular complexity index is 528. The molecule has 1 aromatic rings. The largest absolute Gasteiger partial charge is 0.339 e. The lowest BCUT2D eigenvalue weighted by molar-refractivity contribution is -0.133. The van der Waals surface area contributed by atoms with Crippen LogP contribution in [0.4, 0.5) is 0 Å². The van der Waals surface area contributed by atoms with Crippen LogP contribution in [0, 0.1) is 0 Å². The lowest BCUT2D eigenvalue weighted by Crippen LogP contribution is -2.49. The average molecular weight is 352 g/mol. The number of halogens is 1. The molecule has 2 aliphatic rings. The van der Waals surface area contributed by atoms with Crippen LogP contribution in [0.5, 0.6) is 0 Å². The smallest absolute Gasteiger partial charge is 0.236 e. The van der Waals surface area contributed by atoms with Crippen molar-refractivity contribution in [3.05, 3.63) is 33.8 Å². The molecule has 1 aliphatic heterocycles. The predicted molar refractivity (Wildman–Crippen MR) is 87.3 cm³/mol. The molecule has 0 aromatic heterocycles. The topological polar surface area (TPSA) is 35.6 Å². The second-order valence-corrected chi connectivity index (χ2v) is 6.76. The summed E-state index contributed by atoms with van der Waals surface area (Å²) in [6.07, 6.45) is 2.19. The Morgan fingerprint density at radius 1 is 1.43 bits per heavy atom. The molecule has 1 aliphatic carbocycles. The monoisotopic (exact) mass is 351 g/mol. The Balaban J connectivity index is 1.66. The molecule has 1 heterocycles. The van der Waals surface area contributed by atoms with Crippen LogP contribution in [0.15, 0.2) is 22.7 Å². The molecular formula is C16H22BrN3O. The normalized spacial score (nSPS) is 21.7. The fourth-order valence-corrected chi connectivity index (χ4v) is 3.96. The Kier molecular flexibility index (Phi) is 4.62. The first-order chi connectivity index (χ1) is 10.2. The Morgan fingerprint density at radius 3 is 2.95 bits per heavy atom. The minimum atomic E-state index is 0.252. The lowest BCUT2D eigenvalue weighted by atomic mass is 10.1. The molecule has 1 atom stereocenters. The van der Waals surface area contributed by atoms with Crippen molar-refractivity contribution >= 4 is 21.8 Å². The van der Waals surface area contributed by atoms with Crippen molar-refractivity contribution in [3.8, 4) is 0 Å². The van der Waals surface area contributed by atoms with Crippen LogP contribution in [-0.2, 0) is 11.2 Å². The first-order valence-electron chi connectivity index (χ1n) is 7.63. The van der Waals surface area contributed by atoms with E-state index in [4.69, 9.17) is 0 Å². The van der Waals surface area contributed by atoms with Gasteiger partial charge >= 0.3 is 0 Å². The molecule has 0 bridgehead atoms. The van der Waals surface area contributed by atoms with Gasteiger partial charge in [0.2, 0.25) is 5.91 Å². The summed E-state index contributed by atoms with van der Waals surface area (Å²) in [4.78, 5) is 16.6. The van der Waals surface area contributed by atoms with Gasteiger partial charge in [-0.25, -0.2) is 0 Å². The summed E-state index contributed by atoms with van der Waals surface area (Å²) < 4.78 is 1.20. The van der Waals surface area contributed by atoms with Crippen LogP contribution in [0.25, 0.3) is 0 Å². The highest BCUT2D eigenvalue weighted by molar-refractivity contribution is 9.10. The van der Waals surface area contributed by atoms with Gasteiger partial charge in [-0.2, -0.15) is 0 Å². The van der Waals surface area contributed by atoms with Crippen LogP contribution in [0.3, 0.4) is 0 Å². The zero-order chi connectivity index (χ0) is 14.8. The van der Waals surface area contributed by atoms with Gasteiger partial charge in [-0.3, -0.25) is 9.69 Å². The van der Waals surface area contributed by atoms with E-state index in [-0.39, 0.29) is 5.91 Å². The molecule has 1 saturated heterocycles. The highest BCUT2D eigenvalue weighted by Gasteiger charge is 2.29. The molecule has 4 nitrogen and oxygen atoms in total. The Labute approximate surface area is 134 Å². The van der Waals surface area contributed by atoms with Gasteiger partial charge < -0.3 is 10.2 Å². The molecule has 21 heavy (non-hydrogen) atoms. The third-order valence-corrected chi connectivity index (χ3v) is 5.31. The number of carbonyl (C=O) groups excluding carboxylic acids is 1. The molecule has 0 radical (unpaired) electrons. The standard InChI is InChI=1S/C16H22BrN3O/c1-19(11-16(21)20-9-7-18-8-10-20)15-6-5-12-13(15)3-2-4-14(12)17/h2-4,15,18H,5-11H2,1H3. The van der Waals surface area contributed by atoms with E-state index in [2.05, 4.69) is 51.4 Å². The molecule has 1 amide bonds. The molecule has 1 fully saturated rings. The van der Waals surface area contributed by atoms with Crippen LogP contribution < -0.4 is 5.32 Å². The molecule has 0 spiro atoms. The number of hydrogen-bond acceptors (Lipinski definition) is 3. The molecule has 1 unspecified atom stereocenters. The fourth-order valence-electron chi connectivity index (χ4n) is 3.38. The van der Waals surface area contributed by atoms with E-state index in [1.807, 2.05) is 4.90 Å². The van der Waals surface area contributed by atoms with Gasteiger partial charge in [0.05, 0.1) is 6.54 Å². The number of carbonyl (C=O) groups is 1. The molecule has 0 saturated carbocycles. The van der Waals surface area contributed by atoms with Gasteiger partial charge in [-0.1, -0.05) is 28.1 Å². The van der Waals surface area contributed by atoms with Crippen molar-refractivity contribution < 1.29 is 4.79 Å². The van der Waals surface area contributed by atoms with Crippen molar-refractivity contribution in [2.75, 3.05) is 39.8 Å². The van der Waals surface area contributed by atoms with E-state index in [9.17, 15) is 4.79 Å². The maximum Gasteiger partial charge on any atom is 0.236 e. The number of rotatable bonds is 3. The zero-order valence-electron chi connectivity index (χ0n) is 12.4. The lowest BCUT2D eigenvalue weighted by Gasteiger charge is -2.31. The summed E-state index contributed by atoms with van der Waals surface area (Å²) in [5.74, 6) is 0.252. The van der Waals surface area contributed by atoms with Crippen molar-refractivity contribution in [1.82, 2.24) is 15.1 Å². The third kappa shape index (κ3) is 3.15. The molecule has 114 valence electrons. The van der Waals surface area contributed by atoms with Gasteiger partial charge in [0.1, 0.15) is 0 Å². The third-order valence-electron chi connectivity index (χ3n) is 4.57. The maximum absolute atomic E-state index is 12.4. The summed E-state index contributed by atoms with van der Waals surface area (Å²) in [7, 11) is 2.07. The molecule has 1 N–H and O–H groups in total. The summed E-state index contributed by atoms with van der Waals surface area (Å²) >= 11 is 3.64. The minimum absolute atomic E-state index is 0.252. The number of benzene rings is 1. The van der Waals surface area contributed by atoms with Gasteiger partial charge in [0.15, 0.2) is 0 Å². The van der Waals surface area contributed by atoms with E-state index in [1.165, 1.54) is 15.6 Å². The van der Waals surface area contributed by atoms with Gasteiger partial charge in [-0.15, -0.1) is 0 Å². The number of fused-ring (bicyclic) bond motifs is 1. The quantitative estimate of drug-likeness (QED) is 0.901. The van der Waals surface area contributed by atoms with E-state index in [0.717, 1.165) is 39.0 Å². The second-order valence-electron chi connectivity index (χ2n) is 5.91. The van der Waals surface area contributed by atoms with Crippen LogP contribution in [0.2, 0.25) is 0 Å². The number of nitrogens with zero attached hydrogens (tertiary/aromatic N) is 2. The van der Waals surface area contributed by atoms with E-state index in [0.29, 0.717) is 12.6 Å². The average Bonchev–Trinajstić information content (AvgIpc) is 2.93. The van der Waals surface area contributed by atoms with Gasteiger partial charge in [0.25, 0.3) is 0 Å². The number of hydrogen-bond donors (Lipinski definition) is 1. The zero-order valence-corrected chi connectivity index (χ0v) is 14.0. The summed E-state index contributed by atoms with van der Waals surface area (Å²) in [6.45, 7) is 4.00. The van der Waals surface area contributed by atoms with Crippen LogP contribution in [-0.4, -0.2) is 55.5 Å². The van der Waals surface area contributed by atoms with Crippen molar-refractivity contribution in [1.29, 1.82) is 0 Å². The number of nitrogens with one attached hydrogen (secondary N) is 1. The highest BCUT2D eigenvalue weighted by Crippen LogP contribution is 2.38. The SMILES string of the molecule is CN(CC(=O)N1CCNCC1)C1CCc2c(Br)cccc21. The summed E-state index contributed by atoms with van der Waals surface area (Å²) in [6, 6.07) is 6.76. The summed E-state index contributed by atoms with van der Waals surface area (Å²) in [5, 5.41) is 3.28.